The van der Waals surface area contributed by atoms with Gasteiger partial charge in [-0.25, -0.2) is 0 Å². The van der Waals surface area contributed by atoms with Gasteiger partial charge in [0.25, 0.3) is 0 Å². The van der Waals surface area contributed by atoms with Gasteiger partial charge in [0.05, 0.1) is 0 Å². The van der Waals surface area contributed by atoms with Crippen molar-refractivity contribution in [2.75, 3.05) is 26.2 Å². The normalized spacial score (nSPS) is 19.4. The Labute approximate surface area is 93.6 Å². The molecule has 0 aromatic rings. The van der Waals surface area contributed by atoms with Crippen LogP contribution in [0.15, 0.2) is 0 Å². The maximum Gasteiger partial charge on any atom is 0.0431 e. The molecule has 3 N–H and O–H groups in total. The summed E-state index contributed by atoms with van der Waals surface area (Å²) in [6.45, 7) is 8.23. The van der Waals surface area contributed by atoms with Crippen LogP contribution in [0, 0.1) is 5.41 Å². The molecule has 0 aromatic heterocycles. The largest absolute Gasteiger partial charge is 0.396 e. The zero-order valence-electron chi connectivity index (χ0n) is 10.2. The van der Waals surface area contributed by atoms with Gasteiger partial charge in [-0.1, -0.05) is 13.8 Å². The van der Waals surface area contributed by atoms with Crippen LogP contribution in [0.2, 0.25) is 0 Å². The van der Waals surface area contributed by atoms with Gasteiger partial charge in [-0.15, -0.1) is 0 Å². The van der Waals surface area contributed by atoms with Gasteiger partial charge < -0.3 is 15.7 Å². The molecule has 0 unspecified atom stereocenters. The minimum atomic E-state index is 0.313. The number of rotatable bonds is 6. The summed E-state index contributed by atoms with van der Waals surface area (Å²) >= 11 is 0. The minimum Gasteiger partial charge on any atom is -0.396 e. The van der Waals surface area contributed by atoms with E-state index >= 15 is 0 Å². The first-order valence-corrected chi connectivity index (χ1v) is 6.19. The van der Waals surface area contributed by atoms with Crippen LogP contribution in [-0.2, 0) is 0 Å². The molecule has 1 aliphatic rings. The molecule has 1 rings (SSSR count). The van der Waals surface area contributed by atoms with Crippen molar-refractivity contribution in [1.82, 2.24) is 10.6 Å². The molecule has 90 valence electrons. The molecule has 1 saturated heterocycles. The first kappa shape index (κ1) is 12.9. The smallest absolute Gasteiger partial charge is 0.0431 e. The molecule has 0 amide bonds. The van der Waals surface area contributed by atoms with E-state index in [4.69, 9.17) is 5.11 Å². The average Bonchev–Trinajstić information content (AvgIpc) is 2.25. The van der Waals surface area contributed by atoms with Gasteiger partial charge in [0.2, 0.25) is 0 Å². The van der Waals surface area contributed by atoms with E-state index in [1.165, 1.54) is 12.8 Å². The summed E-state index contributed by atoms with van der Waals surface area (Å²) in [5.41, 5.74) is 0.313. The van der Waals surface area contributed by atoms with Crippen molar-refractivity contribution < 1.29 is 5.11 Å². The number of nitrogens with one attached hydrogen (secondary N) is 2. The van der Waals surface area contributed by atoms with Crippen molar-refractivity contribution in [3.8, 4) is 0 Å². The Balaban J connectivity index is 2.15. The maximum atomic E-state index is 8.82. The van der Waals surface area contributed by atoms with E-state index in [1.807, 2.05) is 0 Å². The highest BCUT2D eigenvalue weighted by molar-refractivity contribution is 4.78. The minimum absolute atomic E-state index is 0.313. The Bertz CT molecular complexity index is 165. The lowest BCUT2D eigenvalue weighted by atomic mass is 9.87. The van der Waals surface area contributed by atoms with E-state index in [9.17, 15) is 0 Å². The molecule has 0 aromatic carbocycles. The van der Waals surface area contributed by atoms with Gasteiger partial charge in [0.1, 0.15) is 0 Å². The number of piperidine rings is 1. The second-order valence-corrected chi connectivity index (χ2v) is 5.40. The van der Waals surface area contributed by atoms with E-state index in [2.05, 4.69) is 24.5 Å². The van der Waals surface area contributed by atoms with Crippen LogP contribution >= 0.6 is 0 Å². The van der Waals surface area contributed by atoms with Crippen LogP contribution in [0.25, 0.3) is 0 Å². The summed E-state index contributed by atoms with van der Waals surface area (Å²) in [6.07, 6.45) is 4.51. The topological polar surface area (TPSA) is 44.3 Å². The van der Waals surface area contributed by atoms with E-state index in [0.717, 1.165) is 32.5 Å². The Morgan fingerprint density at radius 3 is 2.60 bits per heavy atom. The van der Waals surface area contributed by atoms with Crippen LogP contribution < -0.4 is 10.6 Å². The molecular formula is C12H26N2O. The second-order valence-electron chi connectivity index (χ2n) is 5.40. The highest BCUT2D eigenvalue weighted by Gasteiger charge is 2.20. The fourth-order valence-electron chi connectivity index (χ4n) is 2.09. The van der Waals surface area contributed by atoms with Gasteiger partial charge in [-0.3, -0.25) is 0 Å². The first-order valence-electron chi connectivity index (χ1n) is 6.19. The zero-order chi connectivity index (χ0) is 11.1. The summed E-state index contributed by atoms with van der Waals surface area (Å²) in [7, 11) is 0. The van der Waals surface area contributed by atoms with Gasteiger partial charge >= 0.3 is 0 Å². The third kappa shape index (κ3) is 5.50. The van der Waals surface area contributed by atoms with Crippen LogP contribution in [0.3, 0.4) is 0 Å². The monoisotopic (exact) mass is 214 g/mol. The van der Waals surface area contributed by atoms with Crippen molar-refractivity contribution in [2.24, 2.45) is 5.41 Å². The Hall–Kier alpha value is -0.120. The fourth-order valence-corrected chi connectivity index (χ4v) is 2.09. The van der Waals surface area contributed by atoms with E-state index in [0.29, 0.717) is 18.1 Å². The lowest BCUT2D eigenvalue weighted by molar-refractivity contribution is 0.227. The lowest BCUT2D eigenvalue weighted by Crippen LogP contribution is -2.43. The number of hydrogen-bond donors (Lipinski definition) is 3. The van der Waals surface area contributed by atoms with E-state index < -0.39 is 0 Å². The van der Waals surface area contributed by atoms with Crippen molar-refractivity contribution in [3.63, 3.8) is 0 Å². The van der Waals surface area contributed by atoms with E-state index in [1.54, 1.807) is 0 Å². The molecular weight excluding hydrogens is 188 g/mol. The van der Waals surface area contributed by atoms with Gasteiger partial charge in [-0.05, 0) is 44.2 Å². The summed E-state index contributed by atoms with van der Waals surface area (Å²) in [5.74, 6) is 0. The van der Waals surface area contributed by atoms with Crippen molar-refractivity contribution in [3.05, 3.63) is 0 Å². The van der Waals surface area contributed by atoms with Crippen LogP contribution in [0.4, 0.5) is 0 Å². The molecule has 1 aliphatic heterocycles. The molecule has 0 atom stereocenters. The third-order valence-corrected chi connectivity index (χ3v) is 3.22. The van der Waals surface area contributed by atoms with Crippen molar-refractivity contribution in [1.29, 1.82) is 0 Å². The summed E-state index contributed by atoms with van der Waals surface area (Å²) < 4.78 is 0. The van der Waals surface area contributed by atoms with Crippen LogP contribution in [0.1, 0.15) is 39.5 Å². The SMILES string of the molecule is CC(C)(CCCO)CNC1CCNCC1. The molecule has 15 heavy (non-hydrogen) atoms. The predicted molar refractivity (Wildman–Crippen MR) is 64.0 cm³/mol. The average molecular weight is 214 g/mol. The molecule has 0 saturated carbocycles. The van der Waals surface area contributed by atoms with Crippen LogP contribution in [0.5, 0.6) is 0 Å². The Morgan fingerprint density at radius 2 is 2.00 bits per heavy atom. The number of aliphatic hydroxyl groups is 1. The highest BCUT2D eigenvalue weighted by Crippen LogP contribution is 2.21. The van der Waals surface area contributed by atoms with Crippen molar-refractivity contribution >= 4 is 0 Å². The molecule has 0 radical (unpaired) electrons. The molecule has 1 fully saturated rings. The van der Waals surface area contributed by atoms with Gasteiger partial charge in [0.15, 0.2) is 0 Å². The molecule has 0 bridgehead atoms. The van der Waals surface area contributed by atoms with Crippen LogP contribution in [-0.4, -0.2) is 37.4 Å². The Kier molecular flexibility index (Phi) is 5.58. The fraction of sp³-hybridized carbons (Fsp3) is 1.00. The molecule has 0 spiro atoms. The number of hydrogen-bond acceptors (Lipinski definition) is 3. The third-order valence-electron chi connectivity index (χ3n) is 3.22. The maximum absolute atomic E-state index is 8.82. The standard InChI is InChI=1S/C12H26N2O/c1-12(2,6-3-9-15)10-14-11-4-7-13-8-5-11/h11,13-15H,3-10H2,1-2H3. The van der Waals surface area contributed by atoms with E-state index in [-0.39, 0.29) is 0 Å². The van der Waals surface area contributed by atoms with Gasteiger partial charge in [0, 0.05) is 19.2 Å². The molecule has 3 nitrogen and oxygen atoms in total. The molecule has 3 heteroatoms. The Morgan fingerprint density at radius 1 is 1.33 bits per heavy atom. The highest BCUT2D eigenvalue weighted by atomic mass is 16.2. The predicted octanol–water partition coefficient (Wildman–Crippen LogP) is 1.13. The first-order chi connectivity index (χ1) is 7.14. The second kappa shape index (κ2) is 6.46. The molecule has 1 heterocycles. The summed E-state index contributed by atoms with van der Waals surface area (Å²) in [6, 6.07) is 0.694. The summed E-state index contributed by atoms with van der Waals surface area (Å²) in [5, 5.41) is 15.8. The summed E-state index contributed by atoms with van der Waals surface area (Å²) in [4.78, 5) is 0. The zero-order valence-corrected chi connectivity index (χ0v) is 10.2. The quantitative estimate of drug-likeness (QED) is 0.621. The van der Waals surface area contributed by atoms with Crippen molar-refractivity contribution in [2.45, 2.75) is 45.6 Å². The molecule has 0 aliphatic carbocycles. The lowest BCUT2D eigenvalue weighted by Gasteiger charge is -2.30. The number of aliphatic hydroxyl groups excluding tert-OH is 1. The van der Waals surface area contributed by atoms with Gasteiger partial charge in [-0.2, -0.15) is 0 Å².